The van der Waals surface area contributed by atoms with Gasteiger partial charge in [0.05, 0.1) is 0 Å². The monoisotopic (exact) mass is 195 g/mol. The second-order valence-corrected chi connectivity index (χ2v) is 5.49. The summed E-state index contributed by atoms with van der Waals surface area (Å²) in [6.45, 7) is 11.8. The van der Waals surface area contributed by atoms with Crippen LogP contribution in [-0.2, 0) is 0 Å². The van der Waals surface area contributed by atoms with Gasteiger partial charge in [0, 0.05) is 6.54 Å². The van der Waals surface area contributed by atoms with Crippen LogP contribution in [-0.4, -0.2) is 13.8 Å². The van der Waals surface area contributed by atoms with Gasteiger partial charge in [0.15, 0.2) is 0 Å². The number of nitrogens with two attached hydrogens (primary N) is 2. The molecule has 0 bridgehead atoms. The lowest BCUT2D eigenvalue weighted by atomic mass is 9.53. The molecule has 0 unspecified atom stereocenters. The lowest BCUT2D eigenvalue weighted by molar-refractivity contribution is 0.156. The summed E-state index contributed by atoms with van der Waals surface area (Å²) in [5.74, 6) is 0. The maximum atomic E-state index is 5.54. The molecular weight excluding hydrogens is 171 g/mol. The zero-order valence-corrected chi connectivity index (χ0v) is 10.2. The van der Waals surface area contributed by atoms with E-state index >= 15 is 0 Å². The summed E-state index contributed by atoms with van der Waals surface area (Å²) in [7, 11) is 2.14. The topological polar surface area (TPSA) is 52.0 Å². The van der Waals surface area contributed by atoms with Crippen molar-refractivity contribution in [1.29, 1.82) is 0 Å². The van der Waals surface area contributed by atoms with E-state index in [2.05, 4.69) is 41.9 Å². The Morgan fingerprint density at radius 1 is 1.21 bits per heavy atom. The molecule has 0 spiro atoms. The van der Waals surface area contributed by atoms with Crippen LogP contribution in [0, 0.1) is 10.8 Å². The molecule has 0 heterocycles. The minimum absolute atomic E-state index is 0.260. The molecule has 0 aliphatic carbocycles. The average molecular weight is 195 g/mol. The summed E-state index contributed by atoms with van der Waals surface area (Å²) in [5.41, 5.74) is 12.6. The SMILES string of the molecule is CC(C)(C)C(C)(C)C[B]/C(=C/N)CN. The molecule has 4 N–H and O–H groups in total. The first-order valence-electron chi connectivity index (χ1n) is 5.18. The summed E-state index contributed by atoms with van der Waals surface area (Å²) in [6.07, 6.45) is 2.61. The van der Waals surface area contributed by atoms with Crippen LogP contribution in [0.3, 0.4) is 0 Å². The number of rotatable bonds is 4. The van der Waals surface area contributed by atoms with Gasteiger partial charge in [0.2, 0.25) is 0 Å². The lowest BCUT2D eigenvalue weighted by Gasteiger charge is -2.39. The number of hydrogen-bond acceptors (Lipinski definition) is 2. The molecule has 0 fully saturated rings. The summed E-state index contributed by atoms with van der Waals surface area (Å²) in [5, 5.41) is 0. The van der Waals surface area contributed by atoms with Crippen LogP contribution < -0.4 is 11.5 Å². The first-order valence-corrected chi connectivity index (χ1v) is 5.18. The first kappa shape index (κ1) is 13.6. The summed E-state index contributed by atoms with van der Waals surface area (Å²) in [6, 6.07) is 0. The Morgan fingerprint density at radius 2 is 1.71 bits per heavy atom. The van der Waals surface area contributed by atoms with Gasteiger partial charge in [-0.15, -0.1) is 0 Å². The predicted octanol–water partition coefficient (Wildman–Crippen LogP) is 1.94. The van der Waals surface area contributed by atoms with Crippen molar-refractivity contribution in [3.63, 3.8) is 0 Å². The molecule has 0 atom stereocenters. The largest absolute Gasteiger partial charge is 0.405 e. The van der Waals surface area contributed by atoms with Crippen LogP contribution in [0.2, 0.25) is 6.32 Å². The fourth-order valence-corrected chi connectivity index (χ4v) is 0.912. The van der Waals surface area contributed by atoms with Gasteiger partial charge >= 0.3 is 0 Å². The molecule has 0 aromatic rings. The van der Waals surface area contributed by atoms with Crippen LogP contribution in [0.25, 0.3) is 0 Å². The lowest BCUT2D eigenvalue weighted by Crippen LogP contribution is -2.31. The zero-order chi connectivity index (χ0) is 11.4. The highest BCUT2D eigenvalue weighted by Crippen LogP contribution is 2.41. The van der Waals surface area contributed by atoms with E-state index in [9.17, 15) is 0 Å². The van der Waals surface area contributed by atoms with E-state index in [4.69, 9.17) is 11.5 Å². The van der Waals surface area contributed by atoms with Crippen molar-refractivity contribution in [2.75, 3.05) is 6.54 Å². The summed E-state index contributed by atoms with van der Waals surface area (Å²) >= 11 is 0. The molecule has 81 valence electrons. The van der Waals surface area contributed by atoms with Gasteiger partial charge in [0.1, 0.15) is 7.28 Å². The summed E-state index contributed by atoms with van der Waals surface area (Å²) in [4.78, 5) is 0. The molecule has 0 rings (SSSR count). The van der Waals surface area contributed by atoms with Gasteiger partial charge < -0.3 is 11.5 Å². The molecule has 0 saturated carbocycles. The van der Waals surface area contributed by atoms with Crippen molar-refractivity contribution < 1.29 is 0 Å². The Labute approximate surface area is 89.4 Å². The maximum Gasteiger partial charge on any atom is 0.150 e. The van der Waals surface area contributed by atoms with E-state index in [0.717, 1.165) is 11.8 Å². The normalized spacial score (nSPS) is 14.3. The highest BCUT2D eigenvalue weighted by molar-refractivity contribution is 6.45. The maximum absolute atomic E-state index is 5.54. The van der Waals surface area contributed by atoms with Crippen molar-refractivity contribution in [3.8, 4) is 0 Å². The van der Waals surface area contributed by atoms with E-state index in [-0.39, 0.29) is 10.8 Å². The molecule has 0 aromatic carbocycles. The van der Waals surface area contributed by atoms with Gasteiger partial charge in [-0.05, 0) is 17.0 Å². The molecule has 3 heteroatoms. The van der Waals surface area contributed by atoms with Crippen molar-refractivity contribution in [3.05, 3.63) is 11.7 Å². The fourth-order valence-electron chi connectivity index (χ4n) is 0.912. The molecule has 0 saturated heterocycles. The molecular formula is C11H24BN2. The van der Waals surface area contributed by atoms with Crippen LogP contribution >= 0.6 is 0 Å². The Hall–Kier alpha value is -0.435. The Morgan fingerprint density at radius 3 is 2.00 bits per heavy atom. The third-order valence-corrected chi connectivity index (χ3v) is 3.35. The summed E-state index contributed by atoms with van der Waals surface area (Å²) < 4.78 is 0. The highest BCUT2D eigenvalue weighted by Gasteiger charge is 2.32. The van der Waals surface area contributed by atoms with Gasteiger partial charge in [-0.1, -0.05) is 46.4 Å². The average Bonchev–Trinajstić information content (AvgIpc) is 2.04. The molecule has 0 amide bonds. The van der Waals surface area contributed by atoms with Gasteiger partial charge in [-0.25, -0.2) is 0 Å². The van der Waals surface area contributed by atoms with Crippen LogP contribution in [0.5, 0.6) is 0 Å². The Kier molecular flexibility index (Phi) is 4.72. The van der Waals surface area contributed by atoms with Gasteiger partial charge in [-0.3, -0.25) is 0 Å². The smallest absolute Gasteiger partial charge is 0.150 e. The van der Waals surface area contributed by atoms with Crippen LogP contribution in [0.15, 0.2) is 11.7 Å². The minimum atomic E-state index is 0.260. The Bertz CT molecular complexity index is 202. The minimum Gasteiger partial charge on any atom is -0.405 e. The van der Waals surface area contributed by atoms with Gasteiger partial charge in [0.25, 0.3) is 0 Å². The zero-order valence-electron chi connectivity index (χ0n) is 10.2. The molecule has 14 heavy (non-hydrogen) atoms. The molecule has 1 radical (unpaired) electrons. The third-order valence-electron chi connectivity index (χ3n) is 3.35. The van der Waals surface area contributed by atoms with Crippen LogP contribution in [0.1, 0.15) is 34.6 Å². The second kappa shape index (κ2) is 4.88. The fraction of sp³-hybridized carbons (Fsp3) is 0.818. The Balaban J connectivity index is 4.26. The number of hydrogen-bond donors (Lipinski definition) is 2. The van der Waals surface area contributed by atoms with E-state index < -0.39 is 0 Å². The van der Waals surface area contributed by atoms with Crippen molar-refractivity contribution in [2.24, 2.45) is 22.3 Å². The predicted molar refractivity (Wildman–Crippen MR) is 65.1 cm³/mol. The first-order chi connectivity index (χ1) is 6.24. The second-order valence-electron chi connectivity index (χ2n) is 5.49. The van der Waals surface area contributed by atoms with Crippen molar-refractivity contribution in [2.45, 2.75) is 40.9 Å². The highest BCUT2D eigenvalue weighted by atomic mass is 14.5. The van der Waals surface area contributed by atoms with E-state index in [1.807, 2.05) is 0 Å². The third kappa shape index (κ3) is 3.75. The molecule has 0 aromatic heterocycles. The van der Waals surface area contributed by atoms with Gasteiger partial charge in [-0.2, -0.15) is 0 Å². The molecule has 2 nitrogen and oxygen atoms in total. The quantitative estimate of drug-likeness (QED) is 0.673. The van der Waals surface area contributed by atoms with E-state index in [0.29, 0.717) is 6.54 Å². The van der Waals surface area contributed by atoms with Crippen molar-refractivity contribution >= 4 is 7.28 Å². The molecule has 0 aliphatic rings. The van der Waals surface area contributed by atoms with E-state index in [1.165, 1.54) is 0 Å². The molecule has 0 aliphatic heterocycles. The van der Waals surface area contributed by atoms with Crippen LogP contribution in [0.4, 0.5) is 0 Å². The van der Waals surface area contributed by atoms with Crippen molar-refractivity contribution in [1.82, 2.24) is 0 Å². The van der Waals surface area contributed by atoms with E-state index in [1.54, 1.807) is 6.20 Å². The standard InChI is InChI=1S/C11H24BN2/c1-10(2,3)11(4,5)8-12-9(6-13)7-14/h6H,7-8,13-14H2,1-5H3/b9-6+.